The molecule has 1 atom stereocenters. The molecule has 11 heteroatoms. The maximum Gasteiger partial charge on any atom is 0.243 e. The van der Waals surface area contributed by atoms with E-state index in [2.05, 4.69) is 50.0 Å². The highest BCUT2D eigenvalue weighted by Crippen LogP contribution is 2.25. The number of hydrogen-bond donors (Lipinski definition) is 1. The number of nitrogens with one attached hydrogen (secondary N) is 1. The van der Waals surface area contributed by atoms with Crippen molar-refractivity contribution < 1.29 is 13.2 Å². The quantitative estimate of drug-likeness (QED) is 0.517. The van der Waals surface area contributed by atoms with Crippen LogP contribution in [0.4, 0.5) is 0 Å². The molecule has 1 amide bonds. The molecule has 0 bridgehead atoms. The molecule has 1 N–H and O–H groups in total. The molecule has 0 radical (unpaired) electrons. The number of carbonyl (C=O) groups excluding carboxylic acids is 1. The Morgan fingerprint density at radius 1 is 0.972 bits per heavy atom. The summed E-state index contributed by atoms with van der Waals surface area (Å²) in [7, 11) is -3.70. The molecule has 3 aromatic rings. The van der Waals surface area contributed by atoms with Gasteiger partial charge < -0.3 is 5.32 Å². The molecular weight excluding hydrogens is 478 g/mol. The van der Waals surface area contributed by atoms with Crippen LogP contribution < -0.4 is 5.32 Å². The summed E-state index contributed by atoms with van der Waals surface area (Å²) < 4.78 is 29.4. The van der Waals surface area contributed by atoms with Crippen LogP contribution in [0.1, 0.15) is 31.2 Å². The van der Waals surface area contributed by atoms with Crippen molar-refractivity contribution >= 4 is 15.9 Å². The summed E-state index contributed by atoms with van der Waals surface area (Å²) in [5, 5.41) is 14.2. The van der Waals surface area contributed by atoms with Crippen LogP contribution in [0.5, 0.6) is 0 Å². The summed E-state index contributed by atoms with van der Waals surface area (Å²) in [6.45, 7) is 3.42. The molecule has 10 nitrogen and oxygen atoms in total. The van der Waals surface area contributed by atoms with Crippen molar-refractivity contribution in [3.8, 4) is 5.69 Å². The largest absolute Gasteiger partial charge is 0.353 e. The minimum Gasteiger partial charge on any atom is -0.353 e. The molecule has 0 spiro atoms. The fourth-order valence-electron chi connectivity index (χ4n) is 4.97. The lowest BCUT2D eigenvalue weighted by atomic mass is 9.97. The topological polar surface area (TPSA) is 113 Å². The highest BCUT2D eigenvalue weighted by atomic mass is 32.2. The fourth-order valence-corrected chi connectivity index (χ4v) is 6.49. The summed E-state index contributed by atoms with van der Waals surface area (Å²) >= 11 is 0. The Bertz CT molecular complexity index is 1240. The standard InChI is InChI=1S/C25H31N7O3S/c33-25(27-22-12-15-30(16-13-22)17-20-5-2-1-3-6-20)21-7-4-14-31(18-21)36(34,35)24-10-8-23(9-11-24)32-19-26-28-29-32/h1-3,5-6,8-11,19,21-22H,4,7,12-18H2,(H,27,33). The second-order valence-corrected chi connectivity index (χ2v) is 11.4. The summed E-state index contributed by atoms with van der Waals surface area (Å²) in [6.07, 6.45) is 4.62. The van der Waals surface area contributed by atoms with Gasteiger partial charge in [-0.2, -0.15) is 4.31 Å². The predicted octanol–water partition coefficient (Wildman–Crippen LogP) is 1.84. The summed E-state index contributed by atoms with van der Waals surface area (Å²) in [5.74, 6) is -0.373. The molecule has 2 saturated heterocycles. The van der Waals surface area contributed by atoms with Crippen LogP contribution in [0.3, 0.4) is 0 Å². The lowest BCUT2D eigenvalue weighted by molar-refractivity contribution is -0.127. The Morgan fingerprint density at radius 3 is 2.42 bits per heavy atom. The van der Waals surface area contributed by atoms with E-state index in [-0.39, 0.29) is 29.3 Å². The molecule has 2 aliphatic rings. The first-order valence-corrected chi connectivity index (χ1v) is 13.8. The van der Waals surface area contributed by atoms with Crippen LogP contribution in [-0.2, 0) is 21.4 Å². The SMILES string of the molecule is O=C(NC1CCN(Cc2ccccc2)CC1)C1CCCN(S(=O)(=O)c2ccc(-n3cnnn3)cc2)C1. The Labute approximate surface area is 211 Å². The van der Waals surface area contributed by atoms with Crippen LogP contribution in [0.15, 0.2) is 65.8 Å². The third-order valence-electron chi connectivity index (χ3n) is 7.03. The smallest absolute Gasteiger partial charge is 0.243 e. The molecule has 36 heavy (non-hydrogen) atoms. The van der Waals surface area contributed by atoms with Crippen LogP contribution in [0, 0.1) is 5.92 Å². The zero-order chi connectivity index (χ0) is 25.0. The first kappa shape index (κ1) is 24.5. The van der Waals surface area contributed by atoms with Crippen LogP contribution in [-0.4, -0.2) is 76.0 Å². The van der Waals surface area contributed by atoms with E-state index >= 15 is 0 Å². The number of nitrogens with zero attached hydrogens (tertiary/aromatic N) is 6. The zero-order valence-corrected chi connectivity index (χ0v) is 20.9. The zero-order valence-electron chi connectivity index (χ0n) is 20.1. The van der Waals surface area contributed by atoms with Gasteiger partial charge >= 0.3 is 0 Å². The van der Waals surface area contributed by atoms with Gasteiger partial charge in [-0.1, -0.05) is 30.3 Å². The van der Waals surface area contributed by atoms with Gasteiger partial charge in [-0.3, -0.25) is 9.69 Å². The second-order valence-electron chi connectivity index (χ2n) is 9.50. The van der Waals surface area contributed by atoms with Crippen molar-refractivity contribution in [2.24, 2.45) is 5.92 Å². The van der Waals surface area contributed by atoms with Crippen molar-refractivity contribution in [2.75, 3.05) is 26.2 Å². The van der Waals surface area contributed by atoms with Gasteiger partial charge in [0, 0.05) is 38.8 Å². The van der Waals surface area contributed by atoms with E-state index in [0.29, 0.717) is 25.1 Å². The van der Waals surface area contributed by atoms with Crippen LogP contribution in [0.2, 0.25) is 0 Å². The van der Waals surface area contributed by atoms with Crippen LogP contribution >= 0.6 is 0 Å². The van der Waals surface area contributed by atoms with Gasteiger partial charge in [0.15, 0.2) is 0 Å². The average Bonchev–Trinajstić information content (AvgIpc) is 3.46. The second kappa shape index (κ2) is 10.9. The molecule has 5 rings (SSSR count). The maximum absolute atomic E-state index is 13.3. The van der Waals surface area contributed by atoms with E-state index in [1.807, 2.05) is 6.07 Å². The first-order chi connectivity index (χ1) is 17.5. The molecule has 3 heterocycles. The van der Waals surface area contributed by atoms with Gasteiger partial charge in [-0.05, 0) is 65.9 Å². The van der Waals surface area contributed by atoms with Crippen molar-refractivity contribution in [3.63, 3.8) is 0 Å². The normalized spacial score (nSPS) is 20.3. The van der Waals surface area contributed by atoms with Crippen LogP contribution in [0.25, 0.3) is 5.69 Å². The number of aromatic nitrogens is 4. The third-order valence-corrected chi connectivity index (χ3v) is 8.91. The number of benzene rings is 2. The minimum atomic E-state index is -3.70. The summed E-state index contributed by atoms with van der Waals surface area (Å²) in [6, 6.07) is 17.0. The van der Waals surface area contributed by atoms with Crippen molar-refractivity contribution in [1.29, 1.82) is 0 Å². The van der Waals surface area contributed by atoms with Gasteiger partial charge in [-0.15, -0.1) is 5.10 Å². The fraction of sp³-hybridized carbons (Fsp3) is 0.440. The van der Waals surface area contributed by atoms with Crippen molar-refractivity contribution in [1.82, 2.24) is 34.7 Å². The number of sulfonamides is 1. The number of carbonyl (C=O) groups is 1. The number of piperidine rings is 2. The van der Waals surface area contributed by atoms with E-state index in [1.165, 1.54) is 20.9 Å². The van der Waals surface area contributed by atoms with E-state index < -0.39 is 10.0 Å². The maximum atomic E-state index is 13.3. The predicted molar refractivity (Wildman–Crippen MR) is 134 cm³/mol. The number of tetrazole rings is 1. The highest BCUT2D eigenvalue weighted by molar-refractivity contribution is 7.89. The number of hydrogen-bond acceptors (Lipinski definition) is 7. The van der Waals surface area contributed by atoms with E-state index in [0.717, 1.165) is 32.5 Å². The van der Waals surface area contributed by atoms with Crippen molar-refractivity contribution in [3.05, 3.63) is 66.5 Å². The number of likely N-dealkylation sites (tertiary alicyclic amines) is 1. The molecule has 1 aromatic heterocycles. The Balaban J connectivity index is 1.14. The Hall–Kier alpha value is -3.15. The van der Waals surface area contributed by atoms with Gasteiger partial charge in [-0.25, -0.2) is 13.1 Å². The number of amides is 1. The number of rotatable bonds is 7. The molecular formula is C25H31N7O3S. The summed E-state index contributed by atoms with van der Waals surface area (Å²) in [4.78, 5) is 15.7. The molecule has 2 aromatic carbocycles. The lowest BCUT2D eigenvalue weighted by Gasteiger charge is -2.35. The first-order valence-electron chi connectivity index (χ1n) is 12.4. The monoisotopic (exact) mass is 509 g/mol. The van der Waals surface area contributed by atoms with E-state index in [1.54, 1.807) is 24.3 Å². The molecule has 2 fully saturated rings. The minimum absolute atomic E-state index is 0.0366. The van der Waals surface area contributed by atoms with E-state index in [4.69, 9.17) is 0 Å². The lowest BCUT2D eigenvalue weighted by Crippen LogP contribution is -2.50. The van der Waals surface area contributed by atoms with Gasteiger partial charge in [0.1, 0.15) is 6.33 Å². The van der Waals surface area contributed by atoms with Gasteiger partial charge in [0.25, 0.3) is 0 Å². The Morgan fingerprint density at radius 2 is 1.72 bits per heavy atom. The van der Waals surface area contributed by atoms with Crippen molar-refractivity contribution in [2.45, 2.75) is 43.2 Å². The third kappa shape index (κ3) is 5.63. The molecule has 1 unspecified atom stereocenters. The van der Waals surface area contributed by atoms with Gasteiger partial charge in [0.05, 0.1) is 16.5 Å². The molecule has 0 saturated carbocycles. The summed E-state index contributed by atoms with van der Waals surface area (Å²) in [5.41, 5.74) is 1.97. The highest BCUT2D eigenvalue weighted by Gasteiger charge is 2.34. The molecule has 2 aliphatic heterocycles. The molecule has 0 aliphatic carbocycles. The Kier molecular flexibility index (Phi) is 7.40. The average molecular weight is 510 g/mol. The van der Waals surface area contributed by atoms with E-state index in [9.17, 15) is 13.2 Å². The molecule has 190 valence electrons. The van der Waals surface area contributed by atoms with Gasteiger partial charge in [0.2, 0.25) is 15.9 Å².